The summed E-state index contributed by atoms with van der Waals surface area (Å²) in [7, 11) is 0. The van der Waals surface area contributed by atoms with Gasteiger partial charge in [0.1, 0.15) is 5.84 Å². The average molecular weight is 342 g/mol. The Morgan fingerprint density at radius 2 is 2.10 bits per heavy atom. The molecule has 0 aromatic heterocycles. The van der Waals surface area contributed by atoms with Gasteiger partial charge >= 0.3 is 0 Å². The lowest BCUT2D eigenvalue weighted by molar-refractivity contribution is 0.304. The highest BCUT2D eigenvalue weighted by atomic mass is 79.9. The number of nitrogens with two attached hydrogens (primary N) is 1. The Hall–Kier alpha value is -1.23. The molecule has 0 saturated heterocycles. The van der Waals surface area contributed by atoms with E-state index in [-0.39, 0.29) is 5.41 Å². The molecule has 0 heterocycles. The van der Waals surface area contributed by atoms with Crippen molar-refractivity contribution >= 4 is 27.5 Å². The second kappa shape index (κ2) is 7.53. The number of halogens is 1. The van der Waals surface area contributed by atoms with Crippen LogP contribution in [0, 0.1) is 12.3 Å². The number of unbranched alkanes of at least 4 members (excludes halogenated alkanes) is 1. The van der Waals surface area contributed by atoms with Crippen LogP contribution >= 0.6 is 15.9 Å². The van der Waals surface area contributed by atoms with E-state index in [1.807, 2.05) is 19.9 Å². The summed E-state index contributed by atoms with van der Waals surface area (Å²) >= 11 is 3.59. The number of anilines is 1. The Morgan fingerprint density at radius 1 is 1.40 bits per heavy atom. The predicted octanol–water partition coefficient (Wildman–Crippen LogP) is 4.11. The highest BCUT2D eigenvalue weighted by Gasteiger charge is 2.22. The molecule has 20 heavy (non-hydrogen) atoms. The minimum Gasteiger partial charge on any atom is -0.409 e. The summed E-state index contributed by atoms with van der Waals surface area (Å²) in [5, 5.41) is 15.2. The van der Waals surface area contributed by atoms with E-state index in [0.717, 1.165) is 36.0 Å². The minimum atomic E-state index is -0.251. The summed E-state index contributed by atoms with van der Waals surface area (Å²) in [5.74, 6) is 0.298. The first-order chi connectivity index (χ1) is 9.38. The molecule has 0 spiro atoms. The number of rotatable bonds is 7. The minimum absolute atomic E-state index is 0.251. The molecule has 0 unspecified atom stereocenters. The molecule has 0 saturated carbocycles. The third kappa shape index (κ3) is 4.71. The molecule has 4 N–H and O–H groups in total. The molecule has 112 valence electrons. The molecular formula is C15H24BrN3O. The number of nitrogens with one attached hydrogen (secondary N) is 1. The molecule has 5 heteroatoms. The summed E-state index contributed by atoms with van der Waals surface area (Å²) in [6, 6.07) is 6.19. The zero-order valence-corrected chi connectivity index (χ0v) is 14.0. The SMILES string of the molecule is Cc1cccc(NCCCCC(C)(C)/C(N)=N/O)c1Br. The maximum Gasteiger partial charge on any atom is 0.144 e. The van der Waals surface area contributed by atoms with Crippen LogP contribution < -0.4 is 11.1 Å². The van der Waals surface area contributed by atoms with E-state index in [1.54, 1.807) is 0 Å². The van der Waals surface area contributed by atoms with Crippen molar-refractivity contribution in [3.05, 3.63) is 28.2 Å². The van der Waals surface area contributed by atoms with Crippen molar-refractivity contribution in [3.8, 4) is 0 Å². The molecule has 0 fully saturated rings. The first-order valence-corrected chi connectivity index (χ1v) is 7.65. The Labute approximate surface area is 129 Å². The fraction of sp³-hybridized carbons (Fsp3) is 0.533. The van der Waals surface area contributed by atoms with Gasteiger partial charge in [0.2, 0.25) is 0 Å². The zero-order chi connectivity index (χ0) is 15.2. The highest BCUT2D eigenvalue weighted by Crippen LogP contribution is 2.26. The van der Waals surface area contributed by atoms with Crippen molar-refractivity contribution in [2.45, 2.75) is 40.0 Å². The summed E-state index contributed by atoms with van der Waals surface area (Å²) in [4.78, 5) is 0. The number of benzene rings is 1. The molecule has 0 atom stereocenters. The van der Waals surface area contributed by atoms with E-state index in [4.69, 9.17) is 10.9 Å². The smallest absolute Gasteiger partial charge is 0.144 e. The predicted molar refractivity (Wildman–Crippen MR) is 88.4 cm³/mol. The number of oxime groups is 1. The van der Waals surface area contributed by atoms with E-state index >= 15 is 0 Å². The van der Waals surface area contributed by atoms with Crippen LogP contribution in [0.2, 0.25) is 0 Å². The fourth-order valence-electron chi connectivity index (χ4n) is 1.96. The molecule has 0 radical (unpaired) electrons. The molecule has 1 rings (SSSR count). The molecule has 1 aromatic carbocycles. The van der Waals surface area contributed by atoms with Crippen molar-refractivity contribution in [1.82, 2.24) is 0 Å². The number of hydrogen-bond acceptors (Lipinski definition) is 3. The van der Waals surface area contributed by atoms with Crippen LogP contribution in [0.15, 0.2) is 27.8 Å². The average Bonchev–Trinajstić information content (AvgIpc) is 2.41. The van der Waals surface area contributed by atoms with Gasteiger partial charge in [0.25, 0.3) is 0 Å². The standard InChI is InChI=1S/C15H24BrN3O/c1-11-7-6-8-12(13(11)16)18-10-5-4-9-15(2,3)14(17)19-20/h6-8,18,20H,4-5,9-10H2,1-3H3,(H2,17,19). The molecule has 0 bridgehead atoms. The first-order valence-electron chi connectivity index (χ1n) is 6.85. The lowest BCUT2D eigenvalue weighted by Gasteiger charge is -2.22. The third-order valence-corrected chi connectivity index (χ3v) is 4.59. The van der Waals surface area contributed by atoms with Gasteiger partial charge in [-0.3, -0.25) is 0 Å². The Bertz CT molecular complexity index is 472. The molecule has 0 aliphatic carbocycles. The molecule has 4 nitrogen and oxygen atoms in total. The van der Waals surface area contributed by atoms with Crippen LogP contribution in [0.25, 0.3) is 0 Å². The normalized spacial score (nSPS) is 12.5. The largest absolute Gasteiger partial charge is 0.409 e. The summed E-state index contributed by atoms with van der Waals surface area (Å²) in [6.07, 6.45) is 2.97. The van der Waals surface area contributed by atoms with Gasteiger partial charge in [0, 0.05) is 22.1 Å². The van der Waals surface area contributed by atoms with Crippen LogP contribution in [0.3, 0.4) is 0 Å². The molecule has 1 aromatic rings. The maximum absolute atomic E-state index is 8.72. The van der Waals surface area contributed by atoms with Crippen molar-refractivity contribution in [2.75, 3.05) is 11.9 Å². The molecular weight excluding hydrogens is 318 g/mol. The fourth-order valence-corrected chi connectivity index (χ4v) is 2.37. The second-order valence-corrected chi connectivity index (χ2v) is 6.48. The molecule has 0 aliphatic rings. The van der Waals surface area contributed by atoms with E-state index in [1.165, 1.54) is 5.56 Å². The van der Waals surface area contributed by atoms with Crippen molar-refractivity contribution in [1.29, 1.82) is 0 Å². The van der Waals surface area contributed by atoms with Gasteiger partial charge in [-0.25, -0.2) is 0 Å². The lowest BCUT2D eigenvalue weighted by Crippen LogP contribution is -2.31. The van der Waals surface area contributed by atoms with Crippen molar-refractivity contribution in [3.63, 3.8) is 0 Å². The topological polar surface area (TPSA) is 70.6 Å². The van der Waals surface area contributed by atoms with E-state index in [2.05, 4.69) is 45.5 Å². The van der Waals surface area contributed by atoms with E-state index < -0.39 is 0 Å². The highest BCUT2D eigenvalue weighted by molar-refractivity contribution is 9.10. The second-order valence-electron chi connectivity index (χ2n) is 5.69. The van der Waals surface area contributed by atoms with Crippen molar-refractivity contribution in [2.24, 2.45) is 16.3 Å². The van der Waals surface area contributed by atoms with Gasteiger partial charge in [-0.1, -0.05) is 37.6 Å². The van der Waals surface area contributed by atoms with E-state index in [9.17, 15) is 0 Å². The summed E-state index contributed by atoms with van der Waals surface area (Å²) in [6.45, 7) is 6.97. The first kappa shape index (κ1) is 16.8. The number of hydrogen-bond donors (Lipinski definition) is 3. The Balaban J connectivity index is 2.34. The zero-order valence-electron chi connectivity index (χ0n) is 12.4. The molecule has 0 aliphatic heterocycles. The number of nitrogens with zero attached hydrogens (tertiary/aromatic N) is 1. The van der Waals surface area contributed by atoms with Crippen LogP contribution in [0.4, 0.5) is 5.69 Å². The van der Waals surface area contributed by atoms with Gasteiger partial charge in [-0.2, -0.15) is 0 Å². The monoisotopic (exact) mass is 341 g/mol. The Morgan fingerprint density at radius 3 is 2.75 bits per heavy atom. The van der Waals surface area contributed by atoms with Gasteiger partial charge in [-0.05, 0) is 47.3 Å². The quantitative estimate of drug-likeness (QED) is 0.230. The van der Waals surface area contributed by atoms with Gasteiger partial charge in [0.05, 0.1) is 0 Å². The molecule has 0 amide bonds. The van der Waals surface area contributed by atoms with Gasteiger partial charge < -0.3 is 16.3 Å². The van der Waals surface area contributed by atoms with E-state index in [0.29, 0.717) is 5.84 Å². The Kier molecular flexibility index (Phi) is 6.33. The van der Waals surface area contributed by atoms with Crippen LogP contribution in [0.5, 0.6) is 0 Å². The number of amidine groups is 1. The van der Waals surface area contributed by atoms with Crippen LogP contribution in [-0.2, 0) is 0 Å². The lowest BCUT2D eigenvalue weighted by atomic mass is 9.86. The van der Waals surface area contributed by atoms with Crippen LogP contribution in [0.1, 0.15) is 38.7 Å². The van der Waals surface area contributed by atoms with Gasteiger partial charge in [0.15, 0.2) is 0 Å². The number of aryl methyl sites for hydroxylation is 1. The van der Waals surface area contributed by atoms with Crippen molar-refractivity contribution < 1.29 is 5.21 Å². The maximum atomic E-state index is 8.72. The summed E-state index contributed by atoms with van der Waals surface area (Å²) in [5.41, 5.74) is 7.77. The third-order valence-electron chi connectivity index (χ3n) is 3.54. The van der Waals surface area contributed by atoms with Gasteiger partial charge in [-0.15, -0.1) is 0 Å². The van der Waals surface area contributed by atoms with Crippen LogP contribution in [-0.4, -0.2) is 17.6 Å². The summed E-state index contributed by atoms with van der Waals surface area (Å²) < 4.78 is 1.12.